The van der Waals surface area contributed by atoms with Crippen LogP contribution in [-0.2, 0) is 17.7 Å². The maximum atomic E-state index is 13.3. The molecule has 0 saturated carbocycles. The van der Waals surface area contributed by atoms with Crippen molar-refractivity contribution in [2.24, 2.45) is 4.99 Å². The van der Waals surface area contributed by atoms with Crippen LogP contribution in [0.15, 0.2) is 59.6 Å². The van der Waals surface area contributed by atoms with E-state index < -0.39 is 0 Å². The summed E-state index contributed by atoms with van der Waals surface area (Å²) in [5.41, 5.74) is 2.23. The van der Waals surface area contributed by atoms with Gasteiger partial charge in [0.25, 0.3) is 0 Å². The average molecular weight is 372 g/mol. The molecule has 4 nitrogen and oxygen atoms in total. The third kappa shape index (κ3) is 8.22. The van der Waals surface area contributed by atoms with Crippen LogP contribution in [0, 0.1) is 5.82 Å². The van der Waals surface area contributed by atoms with E-state index in [1.807, 2.05) is 24.1 Å². The molecule has 0 aromatic heterocycles. The van der Waals surface area contributed by atoms with E-state index in [4.69, 9.17) is 4.74 Å². The minimum Gasteiger partial charge on any atom is -0.381 e. The molecular weight excluding hydrogens is 341 g/mol. The van der Waals surface area contributed by atoms with Crippen molar-refractivity contribution in [2.75, 3.05) is 33.9 Å². The maximum absolute atomic E-state index is 13.3. The van der Waals surface area contributed by atoms with Crippen molar-refractivity contribution in [1.82, 2.24) is 10.2 Å². The van der Waals surface area contributed by atoms with Crippen LogP contribution < -0.4 is 5.32 Å². The SMILES string of the molecule is CN=C(NCCCCOCCc1ccccc1)N(C)Cc1cccc(F)c1. The number of halogens is 1. The lowest BCUT2D eigenvalue weighted by Crippen LogP contribution is -2.38. The lowest BCUT2D eigenvalue weighted by molar-refractivity contribution is 0.133. The number of nitrogens with one attached hydrogen (secondary N) is 1. The summed E-state index contributed by atoms with van der Waals surface area (Å²) in [4.78, 5) is 6.29. The number of unbranched alkanes of at least 4 members (excludes halogenated alkanes) is 1. The molecule has 0 bridgehead atoms. The summed E-state index contributed by atoms with van der Waals surface area (Å²) < 4.78 is 19.0. The molecule has 0 amide bonds. The van der Waals surface area contributed by atoms with E-state index in [2.05, 4.69) is 34.6 Å². The normalized spacial score (nSPS) is 11.4. The number of aliphatic imine (C=N–C) groups is 1. The number of benzene rings is 2. The van der Waals surface area contributed by atoms with E-state index in [0.717, 1.165) is 50.5 Å². The van der Waals surface area contributed by atoms with E-state index in [9.17, 15) is 4.39 Å². The summed E-state index contributed by atoms with van der Waals surface area (Å²) in [5.74, 6) is 0.598. The van der Waals surface area contributed by atoms with Crippen LogP contribution in [0.1, 0.15) is 24.0 Å². The van der Waals surface area contributed by atoms with Gasteiger partial charge in [-0.2, -0.15) is 0 Å². The number of nitrogens with zero attached hydrogens (tertiary/aromatic N) is 2. The predicted octanol–water partition coefficient (Wildman–Crippen LogP) is 3.87. The first-order chi connectivity index (χ1) is 13.2. The molecule has 0 radical (unpaired) electrons. The summed E-state index contributed by atoms with van der Waals surface area (Å²) in [6.07, 6.45) is 2.97. The van der Waals surface area contributed by atoms with Crippen LogP contribution in [0.3, 0.4) is 0 Å². The highest BCUT2D eigenvalue weighted by Crippen LogP contribution is 2.06. The molecule has 0 aliphatic rings. The zero-order valence-electron chi connectivity index (χ0n) is 16.3. The fraction of sp³-hybridized carbons (Fsp3) is 0.409. The Morgan fingerprint density at radius 3 is 2.56 bits per heavy atom. The van der Waals surface area contributed by atoms with Gasteiger partial charge in [-0.05, 0) is 42.5 Å². The Morgan fingerprint density at radius 2 is 1.81 bits per heavy atom. The highest BCUT2D eigenvalue weighted by Gasteiger charge is 2.06. The van der Waals surface area contributed by atoms with E-state index in [1.54, 1.807) is 19.2 Å². The highest BCUT2D eigenvalue weighted by atomic mass is 19.1. The van der Waals surface area contributed by atoms with Crippen LogP contribution in [0.2, 0.25) is 0 Å². The molecule has 2 rings (SSSR count). The first-order valence-corrected chi connectivity index (χ1v) is 9.47. The van der Waals surface area contributed by atoms with Gasteiger partial charge >= 0.3 is 0 Å². The second-order valence-electron chi connectivity index (χ2n) is 6.52. The maximum Gasteiger partial charge on any atom is 0.193 e. The first kappa shape index (κ1) is 20.9. The molecule has 0 fully saturated rings. The second-order valence-corrected chi connectivity index (χ2v) is 6.52. The number of rotatable bonds is 10. The van der Waals surface area contributed by atoms with Gasteiger partial charge in [-0.25, -0.2) is 4.39 Å². The second kappa shape index (κ2) is 12.1. The fourth-order valence-electron chi connectivity index (χ4n) is 2.83. The van der Waals surface area contributed by atoms with Crippen LogP contribution in [-0.4, -0.2) is 44.7 Å². The zero-order valence-corrected chi connectivity index (χ0v) is 16.3. The third-order valence-electron chi connectivity index (χ3n) is 4.26. The van der Waals surface area contributed by atoms with Crippen molar-refractivity contribution in [3.63, 3.8) is 0 Å². The lowest BCUT2D eigenvalue weighted by atomic mass is 10.2. The summed E-state index contributed by atoms with van der Waals surface area (Å²) in [7, 11) is 3.71. The van der Waals surface area contributed by atoms with Gasteiger partial charge in [0.2, 0.25) is 0 Å². The molecule has 0 heterocycles. The van der Waals surface area contributed by atoms with Gasteiger partial charge in [0.1, 0.15) is 5.82 Å². The molecule has 0 spiro atoms. The van der Waals surface area contributed by atoms with Crippen molar-refractivity contribution >= 4 is 5.96 Å². The average Bonchev–Trinajstić information content (AvgIpc) is 2.67. The van der Waals surface area contributed by atoms with Crippen LogP contribution in [0.4, 0.5) is 4.39 Å². The molecule has 146 valence electrons. The van der Waals surface area contributed by atoms with Crippen molar-refractivity contribution in [1.29, 1.82) is 0 Å². The molecule has 0 saturated heterocycles. The molecule has 0 aliphatic heterocycles. The smallest absolute Gasteiger partial charge is 0.193 e. The lowest BCUT2D eigenvalue weighted by Gasteiger charge is -2.22. The van der Waals surface area contributed by atoms with Crippen molar-refractivity contribution in [3.05, 3.63) is 71.5 Å². The van der Waals surface area contributed by atoms with E-state index in [1.165, 1.54) is 11.6 Å². The largest absolute Gasteiger partial charge is 0.381 e. The van der Waals surface area contributed by atoms with E-state index in [0.29, 0.717) is 6.54 Å². The van der Waals surface area contributed by atoms with E-state index in [-0.39, 0.29) is 5.82 Å². The Bertz CT molecular complexity index is 691. The van der Waals surface area contributed by atoms with Gasteiger partial charge in [-0.3, -0.25) is 4.99 Å². The summed E-state index contributed by atoms with van der Waals surface area (Å²) in [5, 5.41) is 3.35. The van der Waals surface area contributed by atoms with Crippen LogP contribution in [0.5, 0.6) is 0 Å². The Balaban J connectivity index is 1.56. The molecule has 0 atom stereocenters. The Morgan fingerprint density at radius 1 is 1.04 bits per heavy atom. The van der Waals surface area contributed by atoms with Crippen LogP contribution in [0.25, 0.3) is 0 Å². The van der Waals surface area contributed by atoms with Gasteiger partial charge < -0.3 is 15.0 Å². The predicted molar refractivity (Wildman–Crippen MR) is 109 cm³/mol. The highest BCUT2D eigenvalue weighted by molar-refractivity contribution is 5.79. The Labute approximate surface area is 162 Å². The Kier molecular flexibility index (Phi) is 9.35. The molecule has 0 aliphatic carbocycles. The van der Waals surface area contributed by atoms with Crippen molar-refractivity contribution in [2.45, 2.75) is 25.8 Å². The minimum atomic E-state index is -0.212. The van der Waals surface area contributed by atoms with Gasteiger partial charge in [0.15, 0.2) is 5.96 Å². The van der Waals surface area contributed by atoms with Crippen molar-refractivity contribution < 1.29 is 9.13 Å². The number of guanidine groups is 1. The number of hydrogen-bond donors (Lipinski definition) is 1. The monoisotopic (exact) mass is 371 g/mol. The summed E-state index contributed by atoms with van der Waals surface area (Å²) in [6, 6.07) is 17.0. The Hall–Kier alpha value is -2.40. The number of ether oxygens (including phenoxy) is 1. The van der Waals surface area contributed by atoms with Gasteiger partial charge in [-0.1, -0.05) is 42.5 Å². The minimum absolute atomic E-state index is 0.212. The van der Waals surface area contributed by atoms with Crippen LogP contribution >= 0.6 is 0 Å². The topological polar surface area (TPSA) is 36.9 Å². The molecule has 5 heteroatoms. The quantitative estimate of drug-likeness (QED) is 0.391. The molecular formula is C22H30FN3O. The number of hydrogen-bond acceptors (Lipinski definition) is 2. The fourth-order valence-corrected chi connectivity index (χ4v) is 2.83. The molecule has 1 N–H and O–H groups in total. The summed E-state index contributed by atoms with van der Waals surface area (Å²) in [6.45, 7) is 2.98. The standard InChI is InChI=1S/C22H30FN3O/c1-24-22(26(2)18-20-11-8-12-21(23)17-20)25-14-6-7-15-27-16-13-19-9-4-3-5-10-19/h3-5,8-12,17H,6-7,13-16,18H2,1-2H3,(H,24,25). The molecule has 27 heavy (non-hydrogen) atoms. The van der Waals surface area contributed by atoms with Gasteiger partial charge in [0, 0.05) is 33.8 Å². The zero-order chi connectivity index (χ0) is 19.3. The van der Waals surface area contributed by atoms with Crippen molar-refractivity contribution in [3.8, 4) is 0 Å². The third-order valence-corrected chi connectivity index (χ3v) is 4.26. The molecule has 2 aromatic carbocycles. The summed E-state index contributed by atoms with van der Waals surface area (Å²) >= 11 is 0. The molecule has 2 aromatic rings. The molecule has 0 unspecified atom stereocenters. The van der Waals surface area contributed by atoms with E-state index >= 15 is 0 Å². The van der Waals surface area contributed by atoms with Gasteiger partial charge in [-0.15, -0.1) is 0 Å². The van der Waals surface area contributed by atoms with Gasteiger partial charge in [0.05, 0.1) is 6.61 Å². The first-order valence-electron chi connectivity index (χ1n) is 9.47.